The van der Waals surface area contributed by atoms with Gasteiger partial charge in [0.2, 0.25) is 0 Å². The van der Waals surface area contributed by atoms with Crippen molar-refractivity contribution in [1.29, 1.82) is 0 Å². The van der Waals surface area contributed by atoms with Crippen LogP contribution in [0.5, 0.6) is 0 Å². The molecule has 0 spiro atoms. The van der Waals surface area contributed by atoms with Crippen LogP contribution in [0.15, 0.2) is 0 Å². The van der Waals surface area contributed by atoms with Crippen LogP contribution in [-0.4, -0.2) is 23.6 Å². The van der Waals surface area contributed by atoms with Crippen molar-refractivity contribution in [1.82, 2.24) is 0 Å². The van der Waals surface area contributed by atoms with Gasteiger partial charge >= 0.3 is 17.1 Å². The standard InChI is InChI=1S/2C6H15O2P.Fe/c2*1-4-6(3)9(7,8)5-2;/h2*6H,4-5H2,1-3H3,(H,7,8);/q;;+2/p-2. The van der Waals surface area contributed by atoms with E-state index in [1.165, 1.54) is 0 Å². The van der Waals surface area contributed by atoms with Gasteiger partial charge in [0.15, 0.2) is 0 Å². The molecule has 7 heteroatoms. The summed E-state index contributed by atoms with van der Waals surface area (Å²) in [5.41, 5.74) is -0.273. The van der Waals surface area contributed by atoms with Crippen molar-refractivity contribution >= 4 is 14.7 Å². The Morgan fingerprint density at radius 3 is 1.05 bits per heavy atom. The van der Waals surface area contributed by atoms with E-state index in [-0.39, 0.29) is 28.4 Å². The molecular formula is C12H28FeO4P2. The first-order chi connectivity index (χ1) is 8.08. The Morgan fingerprint density at radius 2 is 1.00 bits per heavy atom. The zero-order chi connectivity index (χ0) is 15.0. The third-order valence-corrected chi connectivity index (χ3v) is 8.59. The smallest absolute Gasteiger partial charge is 0.799 e. The minimum Gasteiger partial charge on any atom is -0.799 e. The fourth-order valence-electron chi connectivity index (χ4n) is 1.18. The molecule has 0 heterocycles. The molecule has 4 nitrogen and oxygen atoms in total. The molecule has 0 fully saturated rings. The van der Waals surface area contributed by atoms with Crippen LogP contribution in [0.3, 0.4) is 0 Å². The molecule has 0 rings (SSSR count). The Morgan fingerprint density at radius 1 is 0.789 bits per heavy atom. The second-order valence-corrected chi connectivity index (χ2v) is 10.5. The minimum atomic E-state index is -3.01. The van der Waals surface area contributed by atoms with E-state index < -0.39 is 14.7 Å². The van der Waals surface area contributed by atoms with Crippen LogP contribution in [0, 0.1) is 0 Å². The van der Waals surface area contributed by atoms with Crippen molar-refractivity contribution in [3.63, 3.8) is 0 Å². The maximum atomic E-state index is 11.0. The molecule has 118 valence electrons. The van der Waals surface area contributed by atoms with Gasteiger partial charge in [-0.05, 0) is 36.5 Å². The van der Waals surface area contributed by atoms with Gasteiger partial charge in [0.05, 0.1) is 0 Å². The first-order valence-electron chi connectivity index (χ1n) is 6.68. The van der Waals surface area contributed by atoms with Crippen LogP contribution in [0.4, 0.5) is 0 Å². The SMILES string of the molecule is CCC(C)P(=O)([O-])CC.CCC(C)P(=O)([O-])CC.[Fe+2]. The van der Waals surface area contributed by atoms with Crippen LogP contribution < -0.4 is 9.79 Å². The van der Waals surface area contributed by atoms with Crippen molar-refractivity contribution in [2.75, 3.05) is 12.3 Å². The van der Waals surface area contributed by atoms with Crippen molar-refractivity contribution < 1.29 is 36.0 Å². The van der Waals surface area contributed by atoms with E-state index in [0.29, 0.717) is 12.3 Å². The summed E-state index contributed by atoms with van der Waals surface area (Å²) in [5.74, 6) is 0. The number of hydrogen-bond donors (Lipinski definition) is 0. The van der Waals surface area contributed by atoms with Crippen LogP contribution in [0.2, 0.25) is 0 Å². The molecule has 19 heavy (non-hydrogen) atoms. The molecule has 4 unspecified atom stereocenters. The Hall–Kier alpha value is 0.899. The van der Waals surface area contributed by atoms with Crippen molar-refractivity contribution in [3.05, 3.63) is 0 Å². The fourth-order valence-corrected chi connectivity index (χ4v) is 3.54. The maximum absolute atomic E-state index is 11.0. The number of hydrogen-bond acceptors (Lipinski definition) is 4. The fraction of sp³-hybridized carbons (Fsp3) is 1.00. The Kier molecular flexibility index (Phi) is 15.1. The molecule has 0 aromatic rings. The molecule has 0 aliphatic heterocycles. The largest absolute Gasteiger partial charge is 2.00 e. The molecule has 0 saturated carbocycles. The summed E-state index contributed by atoms with van der Waals surface area (Å²) >= 11 is 0. The van der Waals surface area contributed by atoms with E-state index in [1.54, 1.807) is 27.7 Å². The molecule has 0 aromatic heterocycles. The van der Waals surface area contributed by atoms with Gasteiger partial charge in [-0.15, -0.1) is 0 Å². The van der Waals surface area contributed by atoms with E-state index in [2.05, 4.69) is 0 Å². The zero-order valence-electron chi connectivity index (χ0n) is 12.9. The first kappa shape index (κ1) is 24.9. The molecule has 0 aromatic carbocycles. The predicted octanol–water partition coefficient (Wildman–Crippen LogP) is 2.88. The second kappa shape index (κ2) is 11.5. The molecule has 0 bridgehead atoms. The summed E-state index contributed by atoms with van der Waals surface area (Å²) < 4.78 is 21.9. The number of rotatable bonds is 6. The Labute approximate surface area is 129 Å². The van der Waals surface area contributed by atoms with Crippen LogP contribution in [0.25, 0.3) is 0 Å². The summed E-state index contributed by atoms with van der Waals surface area (Å²) in [5, 5.41) is 0. The summed E-state index contributed by atoms with van der Waals surface area (Å²) in [7, 11) is -6.03. The van der Waals surface area contributed by atoms with Crippen LogP contribution >= 0.6 is 14.7 Å². The van der Waals surface area contributed by atoms with Crippen molar-refractivity contribution in [3.8, 4) is 0 Å². The van der Waals surface area contributed by atoms with Crippen LogP contribution in [-0.2, 0) is 26.2 Å². The van der Waals surface area contributed by atoms with Gasteiger partial charge in [0, 0.05) is 14.7 Å². The summed E-state index contributed by atoms with van der Waals surface area (Å²) in [6, 6.07) is 0. The van der Waals surface area contributed by atoms with Crippen molar-refractivity contribution in [2.45, 2.75) is 65.7 Å². The van der Waals surface area contributed by atoms with E-state index in [9.17, 15) is 18.9 Å². The van der Waals surface area contributed by atoms with Gasteiger partial charge in [-0.2, -0.15) is 0 Å². The molecule has 0 aliphatic rings. The quantitative estimate of drug-likeness (QED) is 0.543. The van der Waals surface area contributed by atoms with Gasteiger partial charge in [0.1, 0.15) is 0 Å². The van der Waals surface area contributed by atoms with E-state index in [1.807, 2.05) is 13.8 Å². The average molecular weight is 354 g/mol. The van der Waals surface area contributed by atoms with Gasteiger partial charge in [0.25, 0.3) is 0 Å². The van der Waals surface area contributed by atoms with Gasteiger partial charge < -0.3 is 18.9 Å². The molecule has 0 radical (unpaired) electrons. The zero-order valence-corrected chi connectivity index (χ0v) is 15.8. The Balaban J connectivity index is -0.000000256. The summed E-state index contributed by atoms with van der Waals surface area (Å²) in [4.78, 5) is 21.9. The summed E-state index contributed by atoms with van der Waals surface area (Å²) in [6.07, 6.45) is 2.05. The first-order valence-corrected chi connectivity index (χ1v) is 10.4. The molecule has 0 N–H and O–H groups in total. The molecular weight excluding hydrogens is 326 g/mol. The van der Waals surface area contributed by atoms with E-state index in [0.717, 1.165) is 12.8 Å². The summed E-state index contributed by atoms with van der Waals surface area (Å²) in [6.45, 7) is 10.7. The normalized spacial score (nSPS) is 19.8. The van der Waals surface area contributed by atoms with E-state index >= 15 is 0 Å². The van der Waals surface area contributed by atoms with Gasteiger partial charge in [-0.3, -0.25) is 0 Å². The van der Waals surface area contributed by atoms with Gasteiger partial charge in [-0.1, -0.05) is 41.5 Å². The topological polar surface area (TPSA) is 80.3 Å². The average Bonchev–Trinajstić information content (AvgIpc) is 2.37. The van der Waals surface area contributed by atoms with Gasteiger partial charge in [-0.25, -0.2) is 0 Å². The molecule has 0 saturated heterocycles. The van der Waals surface area contributed by atoms with Crippen molar-refractivity contribution in [2.24, 2.45) is 0 Å². The van der Waals surface area contributed by atoms with E-state index in [4.69, 9.17) is 0 Å². The van der Waals surface area contributed by atoms with Crippen LogP contribution in [0.1, 0.15) is 54.4 Å². The Bertz CT molecular complexity index is 280. The maximum Gasteiger partial charge on any atom is 2.00 e. The second-order valence-electron chi connectivity index (χ2n) is 4.60. The minimum absolute atomic E-state index is 0. The third-order valence-electron chi connectivity index (χ3n) is 3.41. The monoisotopic (exact) mass is 354 g/mol. The molecule has 0 amide bonds. The molecule has 4 atom stereocenters. The molecule has 0 aliphatic carbocycles. The third kappa shape index (κ3) is 10.3. The predicted molar refractivity (Wildman–Crippen MR) is 75.8 cm³/mol.